The molecule has 3 nitrogen and oxygen atoms in total. The van der Waals surface area contributed by atoms with Crippen molar-refractivity contribution in [1.82, 2.24) is 9.55 Å². The first kappa shape index (κ1) is 16.1. The van der Waals surface area contributed by atoms with Crippen LogP contribution in [0.2, 0.25) is 5.02 Å². The summed E-state index contributed by atoms with van der Waals surface area (Å²) in [5, 5.41) is 12.4. The molecule has 0 saturated carbocycles. The molecule has 0 aliphatic rings. The largest absolute Gasteiger partial charge is 0.396 e. The van der Waals surface area contributed by atoms with E-state index in [2.05, 4.69) is 47.0 Å². The van der Waals surface area contributed by atoms with Crippen molar-refractivity contribution in [3.63, 3.8) is 0 Å². The number of aliphatic hydroxyl groups is 1. The Morgan fingerprint density at radius 3 is 2.72 bits per heavy atom. The van der Waals surface area contributed by atoms with Crippen LogP contribution in [-0.2, 0) is 13.0 Å². The summed E-state index contributed by atoms with van der Waals surface area (Å²) >= 11 is 6.13. The first-order chi connectivity index (χ1) is 12.3. The van der Waals surface area contributed by atoms with Gasteiger partial charge in [0.25, 0.3) is 0 Å². The Kier molecular flexibility index (Phi) is 4.43. The summed E-state index contributed by atoms with van der Waals surface area (Å²) in [6, 6.07) is 20.6. The lowest BCUT2D eigenvalue weighted by Gasteiger charge is -2.10. The van der Waals surface area contributed by atoms with Crippen LogP contribution in [0.15, 0.2) is 60.7 Å². The fourth-order valence-corrected chi connectivity index (χ4v) is 3.55. The van der Waals surface area contributed by atoms with Gasteiger partial charge in [-0.15, -0.1) is 0 Å². The van der Waals surface area contributed by atoms with Crippen LogP contribution in [0, 0.1) is 0 Å². The minimum absolute atomic E-state index is 0.168. The van der Waals surface area contributed by atoms with Crippen molar-refractivity contribution in [2.75, 3.05) is 6.61 Å². The van der Waals surface area contributed by atoms with Gasteiger partial charge in [-0.3, -0.25) is 0 Å². The van der Waals surface area contributed by atoms with Crippen LogP contribution in [0.5, 0.6) is 0 Å². The van der Waals surface area contributed by atoms with E-state index in [0.717, 1.165) is 29.8 Å². The molecule has 0 fully saturated rings. The van der Waals surface area contributed by atoms with Crippen molar-refractivity contribution in [1.29, 1.82) is 0 Å². The van der Waals surface area contributed by atoms with Crippen LogP contribution in [0.1, 0.15) is 17.8 Å². The highest BCUT2D eigenvalue weighted by molar-refractivity contribution is 6.31. The number of hydrogen-bond donors (Lipinski definition) is 1. The SMILES string of the molecule is OCCCn1c(Cc2cccc3ccccc23)nc2cc(Cl)ccc21. The zero-order valence-corrected chi connectivity index (χ0v) is 14.6. The zero-order valence-electron chi connectivity index (χ0n) is 13.8. The van der Waals surface area contributed by atoms with E-state index in [4.69, 9.17) is 16.6 Å². The maximum atomic E-state index is 9.25. The topological polar surface area (TPSA) is 38.0 Å². The van der Waals surface area contributed by atoms with E-state index < -0.39 is 0 Å². The molecule has 0 atom stereocenters. The third-order valence-corrected chi connectivity index (χ3v) is 4.79. The molecule has 4 rings (SSSR count). The highest BCUT2D eigenvalue weighted by atomic mass is 35.5. The summed E-state index contributed by atoms with van der Waals surface area (Å²) < 4.78 is 2.20. The molecule has 3 aromatic carbocycles. The monoisotopic (exact) mass is 350 g/mol. The molecular weight excluding hydrogens is 332 g/mol. The number of benzene rings is 3. The van der Waals surface area contributed by atoms with Crippen LogP contribution in [0.3, 0.4) is 0 Å². The van der Waals surface area contributed by atoms with Gasteiger partial charge in [0.2, 0.25) is 0 Å². The van der Waals surface area contributed by atoms with Crippen LogP contribution in [0.25, 0.3) is 21.8 Å². The van der Waals surface area contributed by atoms with E-state index in [1.165, 1.54) is 16.3 Å². The Bertz CT molecular complexity index is 1030. The van der Waals surface area contributed by atoms with Crippen LogP contribution in [0.4, 0.5) is 0 Å². The van der Waals surface area contributed by atoms with Crippen molar-refractivity contribution in [2.45, 2.75) is 19.4 Å². The highest BCUT2D eigenvalue weighted by Crippen LogP contribution is 2.25. The van der Waals surface area contributed by atoms with Gasteiger partial charge in [-0.2, -0.15) is 0 Å². The molecule has 0 unspecified atom stereocenters. The minimum atomic E-state index is 0.168. The van der Waals surface area contributed by atoms with Crippen LogP contribution in [-0.4, -0.2) is 21.3 Å². The Hall–Kier alpha value is -2.36. The van der Waals surface area contributed by atoms with Gasteiger partial charge < -0.3 is 9.67 Å². The van der Waals surface area contributed by atoms with Crippen molar-refractivity contribution in [3.05, 3.63) is 77.1 Å². The summed E-state index contributed by atoms with van der Waals surface area (Å²) in [7, 11) is 0. The molecular formula is C21H19ClN2O. The molecule has 25 heavy (non-hydrogen) atoms. The molecule has 0 spiro atoms. The predicted molar refractivity (Wildman–Crippen MR) is 103 cm³/mol. The fourth-order valence-electron chi connectivity index (χ4n) is 3.38. The number of nitrogens with zero attached hydrogens (tertiary/aromatic N) is 2. The molecule has 0 amide bonds. The number of rotatable bonds is 5. The van der Waals surface area contributed by atoms with Gasteiger partial charge >= 0.3 is 0 Å². The normalized spacial score (nSPS) is 11.4. The molecule has 126 valence electrons. The molecule has 0 bridgehead atoms. The third-order valence-electron chi connectivity index (χ3n) is 4.56. The van der Waals surface area contributed by atoms with Crippen molar-refractivity contribution in [3.8, 4) is 0 Å². The third kappa shape index (κ3) is 3.13. The quantitative estimate of drug-likeness (QED) is 0.560. The predicted octanol–water partition coefficient (Wildman–Crippen LogP) is 4.82. The van der Waals surface area contributed by atoms with Crippen molar-refractivity contribution in [2.24, 2.45) is 0 Å². The summed E-state index contributed by atoms with van der Waals surface area (Å²) in [5.41, 5.74) is 3.22. The summed E-state index contributed by atoms with van der Waals surface area (Å²) in [6.45, 7) is 0.912. The average Bonchev–Trinajstić information content (AvgIpc) is 2.96. The summed E-state index contributed by atoms with van der Waals surface area (Å²) in [6.07, 6.45) is 1.45. The van der Waals surface area contributed by atoms with E-state index in [-0.39, 0.29) is 6.61 Å². The summed E-state index contributed by atoms with van der Waals surface area (Å²) in [4.78, 5) is 4.83. The second-order valence-electron chi connectivity index (χ2n) is 6.20. The standard InChI is InChI=1S/C21H19ClN2O/c22-17-9-10-20-19(14-17)23-21(24(20)11-4-12-25)13-16-7-3-6-15-5-1-2-8-18(15)16/h1-3,5-10,14,25H,4,11-13H2. The second kappa shape index (κ2) is 6.87. The number of aliphatic hydroxyl groups excluding tert-OH is 1. The Morgan fingerprint density at radius 2 is 1.84 bits per heavy atom. The fraction of sp³-hybridized carbons (Fsp3) is 0.190. The molecule has 1 N–H and O–H groups in total. The minimum Gasteiger partial charge on any atom is -0.396 e. The molecule has 0 radical (unpaired) electrons. The van der Waals surface area contributed by atoms with Crippen molar-refractivity contribution < 1.29 is 5.11 Å². The smallest absolute Gasteiger partial charge is 0.114 e. The Balaban J connectivity index is 1.82. The van der Waals surface area contributed by atoms with Gasteiger partial charge in [-0.05, 0) is 41.0 Å². The van der Waals surface area contributed by atoms with Crippen LogP contribution >= 0.6 is 11.6 Å². The number of hydrogen-bond acceptors (Lipinski definition) is 2. The number of aromatic nitrogens is 2. The van der Waals surface area contributed by atoms with Gasteiger partial charge in [-0.1, -0.05) is 54.1 Å². The first-order valence-corrected chi connectivity index (χ1v) is 8.86. The highest BCUT2D eigenvalue weighted by Gasteiger charge is 2.13. The first-order valence-electron chi connectivity index (χ1n) is 8.48. The number of imidazole rings is 1. The number of halogens is 1. The number of aryl methyl sites for hydroxylation is 1. The maximum absolute atomic E-state index is 9.25. The molecule has 0 aliphatic carbocycles. The molecule has 1 heterocycles. The van der Waals surface area contributed by atoms with Gasteiger partial charge in [0.1, 0.15) is 5.82 Å². The molecule has 0 aliphatic heterocycles. The molecule has 4 aromatic rings. The van der Waals surface area contributed by atoms with E-state index in [0.29, 0.717) is 11.4 Å². The van der Waals surface area contributed by atoms with Crippen molar-refractivity contribution >= 4 is 33.4 Å². The Morgan fingerprint density at radius 1 is 1.00 bits per heavy atom. The summed E-state index contributed by atoms with van der Waals surface area (Å²) in [5.74, 6) is 1.00. The molecule has 0 saturated heterocycles. The number of fused-ring (bicyclic) bond motifs is 2. The zero-order chi connectivity index (χ0) is 17.2. The average molecular weight is 351 g/mol. The Labute approximate surface area is 151 Å². The molecule has 4 heteroatoms. The van der Waals surface area contributed by atoms with Gasteiger partial charge in [-0.25, -0.2) is 4.98 Å². The molecule has 1 aromatic heterocycles. The second-order valence-corrected chi connectivity index (χ2v) is 6.64. The van der Waals surface area contributed by atoms with Gasteiger partial charge in [0.05, 0.1) is 11.0 Å². The van der Waals surface area contributed by atoms with E-state index in [9.17, 15) is 5.11 Å². The lowest BCUT2D eigenvalue weighted by atomic mass is 10.0. The van der Waals surface area contributed by atoms with E-state index in [1.54, 1.807) is 0 Å². The van der Waals surface area contributed by atoms with Gasteiger partial charge in [0.15, 0.2) is 0 Å². The van der Waals surface area contributed by atoms with E-state index >= 15 is 0 Å². The lowest BCUT2D eigenvalue weighted by molar-refractivity contribution is 0.280. The maximum Gasteiger partial charge on any atom is 0.114 e. The van der Waals surface area contributed by atoms with E-state index in [1.807, 2.05) is 18.2 Å². The van der Waals surface area contributed by atoms with Gasteiger partial charge in [0, 0.05) is 24.6 Å². The van der Waals surface area contributed by atoms with Crippen LogP contribution < -0.4 is 0 Å². The lowest BCUT2D eigenvalue weighted by Crippen LogP contribution is -2.06.